The third-order valence-electron chi connectivity index (χ3n) is 6.22. The Bertz CT molecular complexity index is 1340. The molecule has 182 valence electrons. The van der Waals surface area contributed by atoms with Gasteiger partial charge in [0.05, 0.1) is 17.3 Å². The van der Waals surface area contributed by atoms with Crippen LogP contribution >= 0.6 is 12.2 Å². The molecule has 0 radical (unpaired) electrons. The van der Waals surface area contributed by atoms with Crippen molar-refractivity contribution in [1.29, 1.82) is 0 Å². The highest BCUT2D eigenvalue weighted by Gasteiger charge is 2.41. The molecule has 7 nitrogen and oxygen atoms in total. The number of carbonyl (C=O) groups is 1. The van der Waals surface area contributed by atoms with Gasteiger partial charge < -0.3 is 25.1 Å². The first-order chi connectivity index (χ1) is 17.6. The number of carboxylic acid groups (broad SMARTS) is 1. The molecule has 0 bridgehead atoms. The van der Waals surface area contributed by atoms with Crippen LogP contribution in [-0.2, 0) is 0 Å². The number of hydrogen-bond donors (Lipinski definition) is 3. The van der Waals surface area contributed by atoms with E-state index < -0.39 is 5.97 Å². The summed E-state index contributed by atoms with van der Waals surface area (Å²) in [6.45, 7) is 1.50. The number of nitrogens with zero attached hydrogens (tertiary/aromatic N) is 2. The van der Waals surface area contributed by atoms with Gasteiger partial charge in [-0.2, -0.15) is 0 Å². The lowest BCUT2D eigenvalue weighted by Gasteiger charge is -2.26. The zero-order chi connectivity index (χ0) is 24.9. The normalized spacial score (nSPS) is 17.1. The fourth-order valence-corrected chi connectivity index (χ4v) is 4.87. The predicted molar refractivity (Wildman–Crippen MR) is 143 cm³/mol. The molecule has 2 aromatic heterocycles. The highest BCUT2D eigenvalue weighted by atomic mass is 32.1. The molecule has 4 aromatic rings. The summed E-state index contributed by atoms with van der Waals surface area (Å²) >= 11 is 5.74. The van der Waals surface area contributed by atoms with Crippen molar-refractivity contribution >= 4 is 29.0 Å². The van der Waals surface area contributed by atoms with Gasteiger partial charge in [-0.05, 0) is 61.1 Å². The topological polar surface area (TPSA) is 90.6 Å². The van der Waals surface area contributed by atoms with Gasteiger partial charge in [-0.15, -0.1) is 0 Å². The van der Waals surface area contributed by atoms with Gasteiger partial charge >= 0.3 is 5.97 Å². The second-order valence-corrected chi connectivity index (χ2v) is 8.91. The van der Waals surface area contributed by atoms with Gasteiger partial charge in [0.15, 0.2) is 5.11 Å². The van der Waals surface area contributed by atoms with E-state index >= 15 is 0 Å². The second-order valence-electron chi connectivity index (χ2n) is 8.52. The van der Waals surface area contributed by atoms with E-state index in [-0.39, 0.29) is 17.6 Å². The van der Waals surface area contributed by atoms with Crippen LogP contribution in [0.3, 0.4) is 0 Å². The Morgan fingerprint density at radius 2 is 1.81 bits per heavy atom. The average molecular weight is 499 g/mol. The predicted octanol–water partition coefficient (Wildman–Crippen LogP) is 5.51. The minimum Gasteiger partial charge on any atom is -0.478 e. The van der Waals surface area contributed by atoms with E-state index in [0.29, 0.717) is 28.7 Å². The molecular weight excluding hydrogens is 472 g/mol. The van der Waals surface area contributed by atoms with Crippen molar-refractivity contribution in [2.24, 2.45) is 0 Å². The van der Waals surface area contributed by atoms with Crippen molar-refractivity contribution in [3.63, 3.8) is 0 Å². The van der Waals surface area contributed by atoms with Gasteiger partial charge in [-0.3, -0.25) is 4.98 Å². The summed E-state index contributed by atoms with van der Waals surface area (Å²) in [6, 6.07) is 26.0. The number of hydrogen-bond acceptors (Lipinski definition) is 5. The van der Waals surface area contributed by atoms with E-state index in [2.05, 4.69) is 20.5 Å². The molecule has 1 fully saturated rings. The standard InChI is InChI=1S/C28H26N4O3S/c33-27(34)21-12-5-4-11-20(21)23-14-15-24(35-23)26-25(22-13-6-7-16-30-22)31-28(36)32(26)18-8-17-29-19-9-2-1-3-10-19/h1-7,9-16,25-26,29H,8,17-18H2,(H,31,36)(H,33,34)/t25-,26-/m1/s1. The van der Waals surface area contributed by atoms with Crippen molar-refractivity contribution < 1.29 is 14.3 Å². The van der Waals surface area contributed by atoms with E-state index in [1.807, 2.05) is 60.7 Å². The van der Waals surface area contributed by atoms with Crippen LogP contribution < -0.4 is 10.6 Å². The van der Waals surface area contributed by atoms with Gasteiger partial charge in [0, 0.05) is 30.5 Å². The van der Waals surface area contributed by atoms with Gasteiger partial charge in [-0.25, -0.2) is 4.79 Å². The van der Waals surface area contributed by atoms with Crippen molar-refractivity contribution in [3.05, 3.63) is 108 Å². The Balaban J connectivity index is 1.41. The van der Waals surface area contributed by atoms with Crippen molar-refractivity contribution in [2.45, 2.75) is 18.5 Å². The summed E-state index contributed by atoms with van der Waals surface area (Å²) in [6.07, 6.45) is 2.62. The molecule has 5 rings (SSSR count). The minimum atomic E-state index is -0.994. The molecule has 0 spiro atoms. The maximum atomic E-state index is 11.7. The van der Waals surface area contributed by atoms with Crippen molar-refractivity contribution in [3.8, 4) is 11.3 Å². The molecule has 2 aromatic carbocycles. The number of aromatic nitrogens is 1. The van der Waals surface area contributed by atoms with Gasteiger partial charge in [0.2, 0.25) is 0 Å². The first kappa shape index (κ1) is 23.6. The number of pyridine rings is 1. The number of benzene rings is 2. The highest BCUT2D eigenvalue weighted by molar-refractivity contribution is 7.80. The number of rotatable bonds is 9. The fourth-order valence-electron chi connectivity index (χ4n) is 4.53. The Kier molecular flexibility index (Phi) is 6.95. The summed E-state index contributed by atoms with van der Waals surface area (Å²) in [5.41, 5.74) is 2.68. The number of thiocarbonyl (C=S) groups is 1. The van der Waals surface area contributed by atoms with Crippen LogP contribution in [0, 0.1) is 0 Å². The van der Waals surface area contributed by atoms with Crippen molar-refractivity contribution in [1.82, 2.24) is 15.2 Å². The third kappa shape index (κ3) is 4.94. The van der Waals surface area contributed by atoms with Crippen LogP contribution in [0.2, 0.25) is 0 Å². The molecule has 0 saturated carbocycles. The van der Waals surface area contributed by atoms with Gasteiger partial charge in [0.1, 0.15) is 17.6 Å². The molecule has 0 aliphatic carbocycles. The first-order valence-corrected chi connectivity index (χ1v) is 12.2. The minimum absolute atomic E-state index is 0.198. The summed E-state index contributed by atoms with van der Waals surface area (Å²) in [5, 5.41) is 17.1. The number of para-hydroxylation sites is 1. The van der Waals surface area contributed by atoms with E-state index in [1.54, 1.807) is 30.5 Å². The zero-order valence-electron chi connectivity index (χ0n) is 19.5. The molecular formula is C28H26N4O3S. The van der Waals surface area contributed by atoms with Crippen molar-refractivity contribution in [2.75, 3.05) is 18.4 Å². The molecule has 0 unspecified atom stereocenters. The quantitative estimate of drug-likeness (QED) is 0.205. The largest absolute Gasteiger partial charge is 0.478 e. The van der Waals surface area contributed by atoms with Crippen LogP contribution in [-0.4, -0.2) is 39.2 Å². The third-order valence-corrected chi connectivity index (χ3v) is 6.57. The summed E-state index contributed by atoms with van der Waals surface area (Å²) < 4.78 is 6.30. The Morgan fingerprint density at radius 3 is 2.58 bits per heavy atom. The van der Waals surface area contributed by atoms with Gasteiger partial charge in [0.25, 0.3) is 0 Å². The number of aromatic carboxylic acids is 1. The summed E-state index contributed by atoms with van der Waals surface area (Å²) in [5.74, 6) is 0.210. The lowest BCUT2D eigenvalue weighted by atomic mass is 10.0. The lowest BCUT2D eigenvalue weighted by molar-refractivity contribution is 0.0697. The summed E-state index contributed by atoms with van der Waals surface area (Å²) in [4.78, 5) is 18.4. The number of anilines is 1. The number of carboxylic acids is 1. The molecule has 8 heteroatoms. The number of furan rings is 1. The first-order valence-electron chi connectivity index (χ1n) is 11.8. The smallest absolute Gasteiger partial charge is 0.336 e. The number of nitrogens with one attached hydrogen (secondary N) is 2. The SMILES string of the molecule is O=C(O)c1ccccc1-c1ccc([C@@H]2[C@@H](c3ccccn3)NC(=S)N2CCCNc2ccccc2)o1. The highest BCUT2D eigenvalue weighted by Crippen LogP contribution is 2.40. The van der Waals surface area contributed by atoms with E-state index in [0.717, 1.165) is 24.3 Å². The molecule has 3 heterocycles. The molecule has 1 saturated heterocycles. The second kappa shape index (κ2) is 10.6. The van der Waals surface area contributed by atoms with Crippen LogP contribution in [0.15, 0.2) is 95.5 Å². The Morgan fingerprint density at radius 1 is 1.03 bits per heavy atom. The van der Waals surface area contributed by atoms with Crippen LogP contribution in [0.4, 0.5) is 5.69 Å². The van der Waals surface area contributed by atoms with E-state index in [9.17, 15) is 9.90 Å². The molecule has 1 aliphatic heterocycles. The van der Waals surface area contributed by atoms with Crippen LogP contribution in [0.5, 0.6) is 0 Å². The average Bonchev–Trinajstić information content (AvgIpc) is 3.52. The lowest BCUT2D eigenvalue weighted by Crippen LogP contribution is -2.31. The molecule has 3 N–H and O–H groups in total. The molecule has 0 amide bonds. The van der Waals surface area contributed by atoms with E-state index in [1.165, 1.54) is 0 Å². The molecule has 36 heavy (non-hydrogen) atoms. The maximum absolute atomic E-state index is 11.7. The Hall–Kier alpha value is -4.17. The Labute approximate surface area is 214 Å². The monoisotopic (exact) mass is 498 g/mol. The van der Waals surface area contributed by atoms with Crippen LogP contribution in [0.25, 0.3) is 11.3 Å². The molecule has 1 aliphatic rings. The van der Waals surface area contributed by atoms with Gasteiger partial charge in [-0.1, -0.05) is 42.5 Å². The summed E-state index contributed by atoms with van der Waals surface area (Å²) in [7, 11) is 0. The van der Waals surface area contributed by atoms with E-state index in [4.69, 9.17) is 16.6 Å². The molecule has 2 atom stereocenters. The zero-order valence-corrected chi connectivity index (χ0v) is 20.3. The fraction of sp³-hybridized carbons (Fsp3) is 0.179. The maximum Gasteiger partial charge on any atom is 0.336 e. The van der Waals surface area contributed by atoms with Crippen LogP contribution in [0.1, 0.15) is 40.3 Å².